The van der Waals surface area contributed by atoms with Crippen LogP contribution in [0.15, 0.2) is 53.0 Å². The van der Waals surface area contributed by atoms with Gasteiger partial charge in [0.05, 0.1) is 12.3 Å². The Labute approximate surface area is 188 Å². The number of fused-ring (bicyclic) bond motifs is 1. The Morgan fingerprint density at radius 1 is 1.06 bits per heavy atom. The standard InChI is InChI=1S/C22H20N4O3S2/c1-3-27-17-7-4-14(5-8-17)20-24-25-22(26(20)2)31-12-16-11-30-21(23-16)15-6-9-18-19(10-15)29-13-28-18/h4-11H,3,12-13H2,1-2H3. The quantitative estimate of drug-likeness (QED) is 0.364. The van der Waals surface area contributed by atoms with Gasteiger partial charge in [-0.05, 0) is 49.4 Å². The molecule has 2 aromatic carbocycles. The zero-order chi connectivity index (χ0) is 21.2. The number of nitrogens with zero attached hydrogens (tertiary/aromatic N) is 4. The predicted octanol–water partition coefficient (Wildman–Crippen LogP) is 5.03. The average molecular weight is 453 g/mol. The summed E-state index contributed by atoms with van der Waals surface area (Å²) in [6, 6.07) is 13.8. The van der Waals surface area contributed by atoms with Gasteiger partial charge in [-0.15, -0.1) is 21.5 Å². The van der Waals surface area contributed by atoms with Gasteiger partial charge in [0.25, 0.3) is 0 Å². The predicted molar refractivity (Wildman–Crippen MR) is 121 cm³/mol. The van der Waals surface area contributed by atoms with Gasteiger partial charge >= 0.3 is 0 Å². The summed E-state index contributed by atoms with van der Waals surface area (Å²) >= 11 is 3.24. The van der Waals surface area contributed by atoms with Crippen LogP contribution in [-0.2, 0) is 12.8 Å². The molecule has 2 aromatic heterocycles. The summed E-state index contributed by atoms with van der Waals surface area (Å²) in [6.45, 7) is 2.90. The van der Waals surface area contributed by atoms with Gasteiger partial charge in [-0.1, -0.05) is 11.8 Å². The molecule has 0 bridgehead atoms. The molecule has 0 aliphatic carbocycles. The maximum atomic E-state index is 5.51. The molecule has 0 fully saturated rings. The molecule has 7 nitrogen and oxygen atoms in total. The zero-order valence-corrected chi connectivity index (χ0v) is 18.7. The number of hydrogen-bond acceptors (Lipinski definition) is 8. The van der Waals surface area contributed by atoms with Crippen molar-refractivity contribution in [2.24, 2.45) is 7.05 Å². The highest BCUT2D eigenvalue weighted by Gasteiger charge is 2.16. The average Bonchev–Trinajstić information content (AvgIpc) is 3.53. The van der Waals surface area contributed by atoms with E-state index in [1.807, 2.05) is 61.0 Å². The summed E-state index contributed by atoms with van der Waals surface area (Å²) in [6.07, 6.45) is 0. The van der Waals surface area contributed by atoms with Gasteiger partial charge in [-0.25, -0.2) is 4.98 Å². The van der Waals surface area contributed by atoms with Crippen molar-refractivity contribution >= 4 is 23.1 Å². The first-order chi connectivity index (χ1) is 15.2. The van der Waals surface area contributed by atoms with Gasteiger partial charge in [0.15, 0.2) is 22.5 Å². The van der Waals surface area contributed by atoms with E-state index in [4.69, 9.17) is 19.2 Å². The largest absolute Gasteiger partial charge is 0.494 e. The molecule has 158 valence electrons. The molecule has 5 rings (SSSR count). The Balaban J connectivity index is 1.27. The van der Waals surface area contributed by atoms with E-state index in [1.54, 1.807) is 23.1 Å². The van der Waals surface area contributed by atoms with Crippen LogP contribution in [0.2, 0.25) is 0 Å². The third kappa shape index (κ3) is 4.11. The molecule has 3 heterocycles. The van der Waals surface area contributed by atoms with Crippen molar-refractivity contribution < 1.29 is 14.2 Å². The fourth-order valence-corrected chi connectivity index (χ4v) is 4.96. The fourth-order valence-electron chi connectivity index (χ4n) is 3.23. The summed E-state index contributed by atoms with van der Waals surface area (Å²) in [5, 5.41) is 12.6. The van der Waals surface area contributed by atoms with Crippen molar-refractivity contribution in [1.82, 2.24) is 19.7 Å². The number of ether oxygens (including phenoxy) is 3. The smallest absolute Gasteiger partial charge is 0.231 e. The molecule has 1 aliphatic rings. The maximum Gasteiger partial charge on any atom is 0.231 e. The van der Waals surface area contributed by atoms with Gasteiger partial charge in [0.1, 0.15) is 10.8 Å². The molecular formula is C22H20N4O3S2. The molecule has 0 amide bonds. The molecule has 0 saturated heterocycles. The summed E-state index contributed by atoms with van der Waals surface area (Å²) in [5.41, 5.74) is 3.04. The second-order valence-electron chi connectivity index (χ2n) is 6.82. The third-order valence-corrected chi connectivity index (χ3v) is 6.77. The molecule has 0 radical (unpaired) electrons. The lowest BCUT2D eigenvalue weighted by molar-refractivity contribution is 0.174. The van der Waals surface area contributed by atoms with Gasteiger partial charge in [-0.3, -0.25) is 0 Å². The van der Waals surface area contributed by atoms with Crippen LogP contribution >= 0.6 is 23.1 Å². The fraction of sp³-hybridized carbons (Fsp3) is 0.227. The molecule has 31 heavy (non-hydrogen) atoms. The SMILES string of the molecule is CCOc1ccc(-c2nnc(SCc3csc(-c4ccc5c(c4)OCO5)n3)n2C)cc1. The second kappa shape index (κ2) is 8.60. The highest BCUT2D eigenvalue weighted by molar-refractivity contribution is 7.98. The highest BCUT2D eigenvalue weighted by Crippen LogP contribution is 2.37. The van der Waals surface area contributed by atoms with Gasteiger partial charge < -0.3 is 18.8 Å². The van der Waals surface area contributed by atoms with Crippen molar-refractivity contribution in [3.05, 3.63) is 53.5 Å². The van der Waals surface area contributed by atoms with Crippen LogP contribution in [0.25, 0.3) is 22.0 Å². The topological polar surface area (TPSA) is 71.3 Å². The Morgan fingerprint density at radius 2 is 1.87 bits per heavy atom. The van der Waals surface area contributed by atoms with Crippen molar-refractivity contribution in [3.63, 3.8) is 0 Å². The molecular weight excluding hydrogens is 432 g/mol. The van der Waals surface area contributed by atoms with Crippen molar-refractivity contribution in [2.45, 2.75) is 17.8 Å². The molecule has 9 heteroatoms. The molecule has 0 saturated carbocycles. The lowest BCUT2D eigenvalue weighted by Crippen LogP contribution is -1.96. The first kappa shape index (κ1) is 19.9. The molecule has 4 aromatic rings. The number of rotatable bonds is 7. The maximum absolute atomic E-state index is 5.51. The van der Waals surface area contributed by atoms with E-state index >= 15 is 0 Å². The van der Waals surface area contributed by atoms with E-state index < -0.39 is 0 Å². The van der Waals surface area contributed by atoms with E-state index in [9.17, 15) is 0 Å². The summed E-state index contributed by atoms with van der Waals surface area (Å²) < 4.78 is 18.4. The number of hydrogen-bond donors (Lipinski definition) is 0. The molecule has 1 aliphatic heterocycles. The number of thiazole rings is 1. The first-order valence-corrected chi connectivity index (χ1v) is 11.7. The highest BCUT2D eigenvalue weighted by atomic mass is 32.2. The van der Waals surface area contributed by atoms with E-state index in [1.165, 1.54) is 0 Å². The van der Waals surface area contributed by atoms with Gasteiger partial charge in [0, 0.05) is 29.3 Å². The first-order valence-electron chi connectivity index (χ1n) is 9.81. The minimum Gasteiger partial charge on any atom is -0.494 e. The molecule has 0 atom stereocenters. The van der Waals surface area contributed by atoms with Crippen LogP contribution in [0.5, 0.6) is 17.2 Å². The lowest BCUT2D eigenvalue weighted by atomic mass is 10.2. The van der Waals surface area contributed by atoms with E-state index in [0.717, 1.165) is 55.8 Å². The van der Waals surface area contributed by atoms with Crippen molar-refractivity contribution in [3.8, 4) is 39.2 Å². The second-order valence-corrected chi connectivity index (χ2v) is 8.62. The van der Waals surface area contributed by atoms with Crippen LogP contribution in [0, 0.1) is 0 Å². The Bertz CT molecular complexity index is 1200. The van der Waals surface area contributed by atoms with E-state index in [2.05, 4.69) is 15.6 Å². The summed E-state index contributed by atoms with van der Waals surface area (Å²) in [7, 11) is 1.98. The zero-order valence-electron chi connectivity index (χ0n) is 17.1. The van der Waals surface area contributed by atoms with E-state index in [-0.39, 0.29) is 6.79 Å². The number of aromatic nitrogens is 4. The summed E-state index contributed by atoms with van der Waals surface area (Å²) in [5.74, 6) is 3.94. The molecule has 0 spiro atoms. The van der Waals surface area contributed by atoms with Crippen LogP contribution in [0.1, 0.15) is 12.6 Å². The lowest BCUT2D eigenvalue weighted by Gasteiger charge is -2.05. The number of benzene rings is 2. The van der Waals surface area contributed by atoms with Crippen LogP contribution < -0.4 is 14.2 Å². The minimum atomic E-state index is 0.273. The van der Waals surface area contributed by atoms with E-state index in [0.29, 0.717) is 6.61 Å². The Kier molecular flexibility index (Phi) is 5.52. The van der Waals surface area contributed by atoms with Crippen LogP contribution in [0.3, 0.4) is 0 Å². The minimum absolute atomic E-state index is 0.273. The van der Waals surface area contributed by atoms with Crippen LogP contribution in [-0.4, -0.2) is 33.1 Å². The molecule has 0 N–H and O–H groups in total. The van der Waals surface area contributed by atoms with Gasteiger partial charge in [0.2, 0.25) is 6.79 Å². The third-order valence-electron chi connectivity index (χ3n) is 4.78. The Morgan fingerprint density at radius 3 is 2.71 bits per heavy atom. The van der Waals surface area contributed by atoms with Gasteiger partial charge in [-0.2, -0.15) is 0 Å². The number of thioether (sulfide) groups is 1. The normalized spacial score (nSPS) is 12.3. The van der Waals surface area contributed by atoms with Crippen LogP contribution in [0.4, 0.5) is 0 Å². The van der Waals surface area contributed by atoms with Crippen molar-refractivity contribution in [1.29, 1.82) is 0 Å². The Hall–Kier alpha value is -3.04. The van der Waals surface area contributed by atoms with Crippen molar-refractivity contribution in [2.75, 3.05) is 13.4 Å². The monoisotopic (exact) mass is 452 g/mol. The molecule has 0 unspecified atom stereocenters. The summed E-state index contributed by atoms with van der Waals surface area (Å²) in [4.78, 5) is 4.77.